The van der Waals surface area contributed by atoms with Gasteiger partial charge in [0, 0.05) is 0 Å². The van der Waals surface area contributed by atoms with Crippen LogP contribution in [0.25, 0.3) is 0 Å². The molecule has 2 fully saturated rings. The normalized spacial score (nSPS) is 52.2. The molecule has 0 heterocycles. The van der Waals surface area contributed by atoms with Gasteiger partial charge in [0.2, 0.25) is 0 Å². The topological polar surface area (TPSA) is 20.2 Å². The largest absolute Gasteiger partial charge is 0.390 e. The molecule has 0 bridgehead atoms. The quantitative estimate of drug-likeness (QED) is 0.633. The number of fused-ring (bicyclic) bond motifs is 3. The van der Waals surface area contributed by atoms with Gasteiger partial charge in [-0.05, 0) is 75.0 Å². The van der Waals surface area contributed by atoms with Crippen molar-refractivity contribution in [1.29, 1.82) is 0 Å². The molecule has 0 spiro atoms. The van der Waals surface area contributed by atoms with Gasteiger partial charge >= 0.3 is 0 Å². The summed E-state index contributed by atoms with van der Waals surface area (Å²) in [5.74, 6) is 2.18. The predicted octanol–water partition coefficient (Wildman–Crippen LogP) is 4.31. The lowest BCUT2D eigenvalue weighted by Crippen LogP contribution is -2.52. The zero-order valence-electron chi connectivity index (χ0n) is 12.2. The molecule has 1 nitrogen and oxygen atoms in total. The van der Waals surface area contributed by atoms with Crippen LogP contribution in [0.15, 0.2) is 11.6 Å². The summed E-state index contributed by atoms with van der Waals surface area (Å²) in [6.07, 6.45) is 11.2. The monoisotopic (exact) mass is 248 g/mol. The van der Waals surface area contributed by atoms with Gasteiger partial charge < -0.3 is 5.11 Å². The number of allylic oxidation sites excluding steroid dienone is 2. The van der Waals surface area contributed by atoms with Gasteiger partial charge in [0.1, 0.15) is 0 Å². The van der Waals surface area contributed by atoms with E-state index in [1.165, 1.54) is 38.5 Å². The summed E-state index contributed by atoms with van der Waals surface area (Å²) in [6, 6.07) is 0. The highest BCUT2D eigenvalue weighted by molar-refractivity contribution is 5.26. The Kier molecular flexibility index (Phi) is 2.89. The van der Waals surface area contributed by atoms with Crippen molar-refractivity contribution in [3.05, 3.63) is 11.6 Å². The molecule has 3 aliphatic rings. The molecule has 3 rings (SSSR count). The summed E-state index contributed by atoms with van der Waals surface area (Å²) in [5.41, 5.74) is 1.59. The average molecular weight is 248 g/mol. The maximum Gasteiger partial charge on any atom is 0.0656 e. The summed E-state index contributed by atoms with van der Waals surface area (Å²) >= 11 is 0. The van der Waals surface area contributed by atoms with Gasteiger partial charge in [0.05, 0.1) is 5.60 Å². The minimum atomic E-state index is -0.429. The third-order valence-electron chi connectivity index (χ3n) is 6.23. The Labute approximate surface area is 112 Å². The van der Waals surface area contributed by atoms with E-state index in [0.717, 1.165) is 18.3 Å². The van der Waals surface area contributed by atoms with Gasteiger partial charge in [-0.25, -0.2) is 0 Å². The minimum absolute atomic E-state index is 0.296. The number of aliphatic hydroxyl groups is 1. The Morgan fingerprint density at radius 1 is 1.22 bits per heavy atom. The van der Waals surface area contributed by atoms with Gasteiger partial charge in [-0.15, -0.1) is 0 Å². The molecule has 102 valence electrons. The molecule has 0 aromatic rings. The molecular weight excluding hydrogens is 220 g/mol. The summed E-state index contributed by atoms with van der Waals surface area (Å²) < 4.78 is 0. The predicted molar refractivity (Wildman–Crippen MR) is 75.3 cm³/mol. The van der Waals surface area contributed by atoms with Crippen LogP contribution in [-0.2, 0) is 0 Å². The first-order valence-electron chi connectivity index (χ1n) is 7.86. The third-order valence-corrected chi connectivity index (χ3v) is 6.23. The highest BCUT2D eigenvalue weighted by atomic mass is 16.3. The molecule has 0 aromatic carbocycles. The molecule has 3 aliphatic carbocycles. The van der Waals surface area contributed by atoms with Gasteiger partial charge in [-0.3, -0.25) is 0 Å². The van der Waals surface area contributed by atoms with E-state index in [2.05, 4.69) is 26.8 Å². The highest BCUT2D eigenvalue weighted by Gasteiger charge is 2.53. The SMILES string of the molecule is C[C@@H]1CC=C2C(CCC3[C@@]2(C)CCC[C@@]3(C)O)C1. The van der Waals surface area contributed by atoms with E-state index < -0.39 is 5.60 Å². The van der Waals surface area contributed by atoms with Gasteiger partial charge in [0.25, 0.3) is 0 Å². The molecule has 0 saturated heterocycles. The smallest absolute Gasteiger partial charge is 0.0656 e. The van der Waals surface area contributed by atoms with Crippen molar-refractivity contribution in [2.45, 2.75) is 71.3 Å². The van der Waals surface area contributed by atoms with Crippen LogP contribution in [0, 0.1) is 23.2 Å². The zero-order chi connectivity index (χ0) is 13.0. The highest BCUT2D eigenvalue weighted by Crippen LogP contribution is 2.60. The molecule has 2 saturated carbocycles. The molecule has 0 aromatic heterocycles. The molecule has 0 radical (unpaired) electrons. The van der Waals surface area contributed by atoms with Crippen molar-refractivity contribution >= 4 is 0 Å². The number of hydrogen-bond acceptors (Lipinski definition) is 1. The first-order chi connectivity index (χ1) is 8.43. The summed E-state index contributed by atoms with van der Waals surface area (Å²) in [4.78, 5) is 0. The van der Waals surface area contributed by atoms with Crippen LogP contribution in [-0.4, -0.2) is 10.7 Å². The van der Waals surface area contributed by atoms with E-state index in [1.807, 2.05) is 0 Å². The van der Waals surface area contributed by atoms with Crippen LogP contribution in [0.5, 0.6) is 0 Å². The molecular formula is C17H28O. The van der Waals surface area contributed by atoms with Crippen LogP contribution in [0.2, 0.25) is 0 Å². The fraction of sp³-hybridized carbons (Fsp3) is 0.882. The maximum atomic E-state index is 10.7. The first kappa shape index (κ1) is 12.7. The van der Waals surface area contributed by atoms with Gasteiger partial charge in [-0.2, -0.15) is 0 Å². The van der Waals surface area contributed by atoms with Crippen molar-refractivity contribution in [2.75, 3.05) is 0 Å². The van der Waals surface area contributed by atoms with Crippen LogP contribution < -0.4 is 0 Å². The molecule has 0 amide bonds. The molecule has 0 aliphatic heterocycles. The minimum Gasteiger partial charge on any atom is -0.390 e. The second-order valence-electron chi connectivity index (χ2n) is 7.69. The maximum absolute atomic E-state index is 10.7. The van der Waals surface area contributed by atoms with E-state index in [1.54, 1.807) is 5.57 Å². The van der Waals surface area contributed by atoms with E-state index in [0.29, 0.717) is 11.3 Å². The second-order valence-corrected chi connectivity index (χ2v) is 7.69. The summed E-state index contributed by atoms with van der Waals surface area (Å²) in [6.45, 7) is 6.92. The Morgan fingerprint density at radius 3 is 2.78 bits per heavy atom. The van der Waals surface area contributed by atoms with Crippen molar-refractivity contribution in [2.24, 2.45) is 23.2 Å². The van der Waals surface area contributed by atoms with Crippen molar-refractivity contribution < 1.29 is 5.11 Å². The molecule has 1 heteroatoms. The zero-order valence-corrected chi connectivity index (χ0v) is 12.2. The van der Waals surface area contributed by atoms with Gasteiger partial charge in [0.15, 0.2) is 0 Å². The Hall–Kier alpha value is -0.300. The van der Waals surface area contributed by atoms with E-state index in [-0.39, 0.29) is 0 Å². The molecule has 18 heavy (non-hydrogen) atoms. The van der Waals surface area contributed by atoms with Crippen LogP contribution in [0.3, 0.4) is 0 Å². The van der Waals surface area contributed by atoms with Crippen LogP contribution in [0.4, 0.5) is 0 Å². The number of rotatable bonds is 0. The second kappa shape index (κ2) is 4.10. The third kappa shape index (κ3) is 1.78. The Bertz CT molecular complexity index is 368. The van der Waals surface area contributed by atoms with Gasteiger partial charge in [-0.1, -0.05) is 25.5 Å². The van der Waals surface area contributed by atoms with Crippen molar-refractivity contribution in [3.8, 4) is 0 Å². The lowest BCUT2D eigenvalue weighted by atomic mass is 9.50. The van der Waals surface area contributed by atoms with Crippen LogP contribution in [0.1, 0.15) is 65.7 Å². The first-order valence-corrected chi connectivity index (χ1v) is 7.86. The lowest BCUT2D eigenvalue weighted by Gasteiger charge is -2.57. The Morgan fingerprint density at radius 2 is 2.00 bits per heavy atom. The summed E-state index contributed by atoms with van der Waals surface area (Å²) in [7, 11) is 0. The average Bonchev–Trinajstić information content (AvgIpc) is 2.27. The fourth-order valence-electron chi connectivity index (χ4n) is 5.37. The lowest BCUT2D eigenvalue weighted by molar-refractivity contribution is -0.101. The van der Waals surface area contributed by atoms with E-state index in [9.17, 15) is 5.11 Å². The molecule has 2 unspecified atom stereocenters. The molecule has 1 N–H and O–H groups in total. The number of hydrogen-bond donors (Lipinski definition) is 1. The summed E-state index contributed by atoms with van der Waals surface area (Å²) in [5, 5.41) is 10.7. The van der Waals surface area contributed by atoms with Crippen LogP contribution >= 0.6 is 0 Å². The fourth-order valence-corrected chi connectivity index (χ4v) is 5.37. The van der Waals surface area contributed by atoms with Crippen molar-refractivity contribution in [3.63, 3.8) is 0 Å². The Balaban J connectivity index is 1.97. The molecule has 5 atom stereocenters. The van der Waals surface area contributed by atoms with E-state index >= 15 is 0 Å². The van der Waals surface area contributed by atoms with E-state index in [4.69, 9.17) is 0 Å². The van der Waals surface area contributed by atoms with Crippen molar-refractivity contribution in [1.82, 2.24) is 0 Å². The standard InChI is InChI=1S/C17H28O/c1-12-5-7-14-13(11-12)6-8-15-16(14,2)9-4-10-17(15,3)18/h7,12-13,15,18H,4-6,8-11H2,1-3H3/t12-,13?,15?,16+,17-/m1/s1.